The van der Waals surface area contributed by atoms with Crippen molar-refractivity contribution in [3.63, 3.8) is 0 Å². The van der Waals surface area contributed by atoms with Gasteiger partial charge < -0.3 is 10.1 Å². The summed E-state index contributed by atoms with van der Waals surface area (Å²) in [5, 5.41) is 3.27. The fourth-order valence-electron chi connectivity index (χ4n) is 5.32. The summed E-state index contributed by atoms with van der Waals surface area (Å²) in [4.78, 5) is 25.8. The molecule has 1 aromatic carbocycles. The maximum atomic E-state index is 13.0. The number of aryl methyl sites for hydroxylation is 1. The molecule has 5 heteroatoms. The number of urea groups is 1. The number of unbranched alkanes of at least 4 members (excludes halogenated alkanes) is 2. The Morgan fingerprint density at radius 1 is 1.30 bits per heavy atom. The fourth-order valence-corrected chi connectivity index (χ4v) is 5.32. The van der Waals surface area contributed by atoms with Crippen LogP contribution in [0.5, 0.6) is 0 Å². The number of hydrogen-bond acceptors (Lipinski definition) is 3. The Morgan fingerprint density at radius 3 is 2.63 bits per heavy atom. The average molecular weight is 415 g/mol. The molecule has 3 rings (SSSR count). The second kappa shape index (κ2) is 9.95. The average Bonchev–Trinajstić information content (AvgIpc) is 3.01. The van der Waals surface area contributed by atoms with Crippen molar-refractivity contribution < 1.29 is 14.3 Å². The lowest BCUT2D eigenvalue weighted by atomic mass is 9.68. The summed E-state index contributed by atoms with van der Waals surface area (Å²) in [5.74, 6) is 0. The van der Waals surface area contributed by atoms with Crippen LogP contribution in [0.4, 0.5) is 4.79 Å². The van der Waals surface area contributed by atoms with Gasteiger partial charge in [0.1, 0.15) is 0 Å². The van der Waals surface area contributed by atoms with Gasteiger partial charge in [-0.3, -0.25) is 9.69 Å². The molecular formula is C25H38N2O3. The van der Waals surface area contributed by atoms with Crippen LogP contribution >= 0.6 is 0 Å². The monoisotopic (exact) mass is 414 g/mol. The van der Waals surface area contributed by atoms with E-state index in [-0.39, 0.29) is 23.5 Å². The van der Waals surface area contributed by atoms with Gasteiger partial charge in [0.05, 0.1) is 12.1 Å². The Hall–Kier alpha value is -1.88. The van der Waals surface area contributed by atoms with E-state index in [2.05, 4.69) is 30.4 Å². The van der Waals surface area contributed by atoms with Crippen molar-refractivity contribution in [2.75, 3.05) is 7.11 Å². The van der Waals surface area contributed by atoms with Crippen LogP contribution in [0, 0.1) is 5.41 Å². The molecule has 3 amide bonds. The molecule has 1 atom stereocenters. The van der Waals surface area contributed by atoms with Crippen LogP contribution in [0.3, 0.4) is 0 Å². The third kappa shape index (κ3) is 4.72. The van der Waals surface area contributed by atoms with Crippen LogP contribution in [-0.2, 0) is 22.4 Å². The van der Waals surface area contributed by atoms with Crippen LogP contribution in [0.25, 0.3) is 0 Å². The molecule has 166 valence electrons. The van der Waals surface area contributed by atoms with Gasteiger partial charge in [0.2, 0.25) is 6.41 Å². The summed E-state index contributed by atoms with van der Waals surface area (Å²) >= 11 is 0. The lowest BCUT2D eigenvalue weighted by molar-refractivity contribution is -0.116. The SMILES string of the molecule is CCCCCc1ccc2c(c1)C(NC(=O)N(C=O)C(C)C)[C@]1(CC[C@H](OC)CC1)C2. The first-order valence-corrected chi connectivity index (χ1v) is 11.6. The number of benzene rings is 1. The fraction of sp³-hybridized carbons (Fsp3) is 0.680. The standard InChI is InChI=1S/C25H38N2O3/c1-5-6-7-8-19-9-10-20-16-25(13-11-21(30-4)12-14-25)23(22(20)15-19)26-24(29)27(17-28)18(2)3/h9-10,15,17-18,21,23H,5-8,11-14,16H2,1-4H3,(H,26,29)/t21-,23?,25-. The molecule has 30 heavy (non-hydrogen) atoms. The molecule has 1 N–H and O–H groups in total. The number of fused-ring (bicyclic) bond motifs is 1. The molecular weight excluding hydrogens is 376 g/mol. The third-order valence-corrected chi connectivity index (χ3v) is 7.18. The highest BCUT2D eigenvalue weighted by atomic mass is 16.5. The number of nitrogens with zero attached hydrogens (tertiary/aromatic N) is 1. The minimum absolute atomic E-state index is 0.0145. The van der Waals surface area contributed by atoms with Gasteiger partial charge in [0.25, 0.3) is 0 Å². The molecule has 2 aliphatic carbocycles. The van der Waals surface area contributed by atoms with Gasteiger partial charge in [0, 0.05) is 13.2 Å². The second-order valence-corrected chi connectivity index (χ2v) is 9.45. The van der Waals surface area contributed by atoms with E-state index in [9.17, 15) is 9.59 Å². The summed E-state index contributed by atoms with van der Waals surface area (Å²) in [6, 6.07) is 6.34. The van der Waals surface area contributed by atoms with Gasteiger partial charge in [-0.2, -0.15) is 0 Å². The molecule has 0 aromatic heterocycles. The van der Waals surface area contributed by atoms with Crippen molar-refractivity contribution in [3.8, 4) is 0 Å². The van der Waals surface area contributed by atoms with Crippen LogP contribution in [-0.4, -0.2) is 36.6 Å². The highest BCUT2D eigenvalue weighted by Gasteiger charge is 2.49. The van der Waals surface area contributed by atoms with Crippen molar-refractivity contribution in [2.24, 2.45) is 5.41 Å². The van der Waals surface area contributed by atoms with Gasteiger partial charge in [-0.1, -0.05) is 38.0 Å². The maximum absolute atomic E-state index is 13.0. The van der Waals surface area contributed by atoms with Crippen LogP contribution in [0.2, 0.25) is 0 Å². The van der Waals surface area contributed by atoms with Gasteiger partial charge in [0.15, 0.2) is 0 Å². The van der Waals surface area contributed by atoms with Crippen LogP contribution in [0.1, 0.15) is 88.4 Å². The number of imide groups is 1. The number of amides is 3. The minimum Gasteiger partial charge on any atom is -0.381 e. The highest BCUT2D eigenvalue weighted by Crippen LogP contribution is 2.54. The van der Waals surface area contributed by atoms with E-state index in [0.717, 1.165) is 38.5 Å². The summed E-state index contributed by atoms with van der Waals surface area (Å²) in [7, 11) is 1.79. The van der Waals surface area contributed by atoms with Crippen molar-refractivity contribution in [1.82, 2.24) is 10.2 Å². The first-order valence-electron chi connectivity index (χ1n) is 11.6. The molecule has 5 nitrogen and oxygen atoms in total. The lowest BCUT2D eigenvalue weighted by Crippen LogP contribution is -2.48. The molecule has 1 aromatic rings. The summed E-state index contributed by atoms with van der Waals surface area (Å²) in [5.41, 5.74) is 3.96. The van der Waals surface area contributed by atoms with Gasteiger partial charge in [-0.05, 0) is 80.9 Å². The summed E-state index contributed by atoms with van der Waals surface area (Å²) in [6.45, 7) is 5.95. The maximum Gasteiger partial charge on any atom is 0.324 e. The normalized spacial score (nSPS) is 25.4. The van der Waals surface area contributed by atoms with Crippen molar-refractivity contribution >= 4 is 12.4 Å². The Morgan fingerprint density at radius 2 is 2.03 bits per heavy atom. The quantitative estimate of drug-likeness (QED) is 0.472. The second-order valence-electron chi connectivity index (χ2n) is 9.45. The molecule has 1 fully saturated rings. The topological polar surface area (TPSA) is 58.6 Å². The zero-order valence-corrected chi connectivity index (χ0v) is 19.1. The first kappa shape index (κ1) is 22.8. The van der Waals surface area contributed by atoms with E-state index in [1.165, 1.54) is 40.9 Å². The Labute approximate surface area is 181 Å². The molecule has 1 unspecified atom stereocenters. The van der Waals surface area contributed by atoms with Gasteiger partial charge in [-0.15, -0.1) is 0 Å². The van der Waals surface area contributed by atoms with E-state index in [1.54, 1.807) is 7.11 Å². The van der Waals surface area contributed by atoms with Gasteiger partial charge in [-0.25, -0.2) is 4.79 Å². The van der Waals surface area contributed by atoms with Crippen LogP contribution in [0.15, 0.2) is 18.2 Å². The number of methoxy groups -OCH3 is 1. The Kier molecular flexibility index (Phi) is 7.56. The molecule has 1 saturated carbocycles. The number of ether oxygens (including phenoxy) is 1. The predicted molar refractivity (Wildman–Crippen MR) is 119 cm³/mol. The Bertz CT molecular complexity index is 738. The van der Waals surface area contributed by atoms with Crippen molar-refractivity contribution in [3.05, 3.63) is 34.9 Å². The first-order chi connectivity index (χ1) is 14.4. The van der Waals surface area contributed by atoms with Crippen LogP contribution < -0.4 is 5.32 Å². The molecule has 1 spiro atoms. The number of hydrogen-bond donors (Lipinski definition) is 1. The number of nitrogens with one attached hydrogen (secondary N) is 1. The number of carbonyl (C=O) groups excluding carboxylic acids is 2. The largest absolute Gasteiger partial charge is 0.381 e. The van der Waals surface area contributed by atoms with Crippen molar-refractivity contribution in [2.45, 2.75) is 96.7 Å². The number of rotatable bonds is 8. The lowest BCUT2D eigenvalue weighted by Gasteiger charge is -2.42. The van der Waals surface area contributed by atoms with Crippen molar-refractivity contribution in [1.29, 1.82) is 0 Å². The summed E-state index contributed by atoms with van der Waals surface area (Å²) in [6.07, 6.45) is 10.7. The summed E-state index contributed by atoms with van der Waals surface area (Å²) < 4.78 is 5.61. The zero-order chi connectivity index (χ0) is 21.7. The third-order valence-electron chi connectivity index (χ3n) is 7.18. The highest BCUT2D eigenvalue weighted by molar-refractivity contribution is 5.85. The van der Waals surface area contributed by atoms with E-state index >= 15 is 0 Å². The minimum atomic E-state index is -0.289. The van der Waals surface area contributed by atoms with E-state index in [4.69, 9.17) is 4.74 Å². The van der Waals surface area contributed by atoms with E-state index in [1.807, 2.05) is 13.8 Å². The zero-order valence-electron chi connectivity index (χ0n) is 19.1. The molecule has 2 aliphatic rings. The molecule has 0 aliphatic heterocycles. The molecule has 0 radical (unpaired) electrons. The van der Waals surface area contributed by atoms with E-state index < -0.39 is 0 Å². The van der Waals surface area contributed by atoms with E-state index in [0.29, 0.717) is 12.5 Å². The molecule has 0 saturated heterocycles. The molecule has 0 heterocycles. The Balaban J connectivity index is 1.88. The molecule has 0 bridgehead atoms. The predicted octanol–water partition coefficient (Wildman–Crippen LogP) is 5.17. The van der Waals surface area contributed by atoms with Gasteiger partial charge >= 0.3 is 6.03 Å². The smallest absolute Gasteiger partial charge is 0.324 e. The number of carbonyl (C=O) groups is 2.